The van der Waals surface area contributed by atoms with Crippen LogP contribution in [-0.2, 0) is 6.54 Å². The van der Waals surface area contributed by atoms with E-state index in [1.807, 2.05) is 6.07 Å². The smallest absolute Gasteiger partial charge is 0.0931 e. The number of nitrogens with zero attached hydrogens (tertiary/aromatic N) is 1. The van der Waals surface area contributed by atoms with Crippen LogP contribution in [0.25, 0.3) is 0 Å². The van der Waals surface area contributed by atoms with Gasteiger partial charge in [-0.15, -0.1) is 11.3 Å². The predicted octanol–water partition coefficient (Wildman–Crippen LogP) is 3.61. The number of nitrogens with one attached hydrogen (secondary N) is 1. The molecule has 0 bridgehead atoms. The Balaban J connectivity index is 1.56. The van der Waals surface area contributed by atoms with E-state index >= 15 is 0 Å². The molecule has 0 aromatic carbocycles. The molecule has 102 valence electrons. The van der Waals surface area contributed by atoms with Crippen LogP contribution >= 0.6 is 22.9 Å². The Morgan fingerprint density at radius 2 is 2.17 bits per heavy atom. The summed E-state index contributed by atoms with van der Waals surface area (Å²) in [4.78, 5) is 3.91. The van der Waals surface area contributed by atoms with Crippen LogP contribution in [0.15, 0.2) is 12.1 Å². The van der Waals surface area contributed by atoms with Gasteiger partial charge in [-0.25, -0.2) is 0 Å². The third-order valence-electron chi connectivity index (χ3n) is 3.82. The second-order valence-corrected chi connectivity index (χ2v) is 6.88. The van der Waals surface area contributed by atoms with Crippen molar-refractivity contribution in [3.05, 3.63) is 21.3 Å². The van der Waals surface area contributed by atoms with Gasteiger partial charge in [-0.3, -0.25) is 0 Å². The van der Waals surface area contributed by atoms with Gasteiger partial charge in [-0.1, -0.05) is 24.9 Å². The average molecular weight is 287 g/mol. The molecule has 0 aliphatic carbocycles. The van der Waals surface area contributed by atoms with Crippen molar-refractivity contribution in [2.24, 2.45) is 5.92 Å². The van der Waals surface area contributed by atoms with Gasteiger partial charge in [0.15, 0.2) is 0 Å². The molecular formula is C14H23ClN2S. The fourth-order valence-corrected chi connectivity index (χ4v) is 3.57. The van der Waals surface area contributed by atoms with Gasteiger partial charge >= 0.3 is 0 Å². The standard InChI is InChI=1S/C14H23ClN2S/c1-2-12-5-8-17(9-6-12)10-7-16-11-13-3-4-14(15)18-13/h3-4,12,16H,2,5-11H2,1H3. The number of rotatable bonds is 6. The molecule has 2 heterocycles. The van der Waals surface area contributed by atoms with Crippen LogP contribution < -0.4 is 5.32 Å². The monoisotopic (exact) mass is 286 g/mol. The Hall–Kier alpha value is -0.0900. The first-order valence-electron chi connectivity index (χ1n) is 6.95. The molecule has 2 rings (SSSR count). The van der Waals surface area contributed by atoms with Crippen molar-refractivity contribution < 1.29 is 0 Å². The van der Waals surface area contributed by atoms with Crippen molar-refractivity contribution in [2.75, 3.05) is 26.2 Å². The molecule has 2 nitrogen and oxygen atoms in total. The summed E-state index contributed by atoms with van der Waals surface area (Å²) in [5.74, 6) is 0.975. The maximum atomic E-state index is 5.90. The summed E-state index contributed by atoms with van der Waals surface area (Å²) in [6, 6.07) is 4.07. The van der Waals surface area contributed by atoms with Crippen molar-refractivity contribution in [1.29, 1.82) is 0 Å². The predicted molar refractivity (Wildman–Crippen MR) is 80.5 cm³/mol. The first kappa shape index (κ1) is 14.3. The summed E-state index contributed by atoms with van der Waals surface area (Å²) >= 11 is 7.57. The molecule has 1 aromatic heterocycles. The highest BCUT2D eigenvalue weighted by molar-refractivity contribution is 7.16. The largest absolute Gasteiger partial charge is 0.311 e. The Bertz CT molecular complexity index is 345. The third kappa shape index (κ3) is 4.54. The minimum atomic E-state index is 0.883. The van der Waals surface area contributed by atoms with Gasteiger partial charge in [0.2, 0.25) is 0 Å². The Morgan fingerprint density at radius 1 is 1.39 bits per heavy atom. The fraction of sp³-hybridized carbons (Fsp3) is 0.714. The highest BCUT2D eigenvalue weighted by atomic mass is 35.5. The number of hydrogen-bond acceptors (Lipinski definition) is 3. The number of halogens is 1. The third-order valence-corrected chi connectivity index (χ3v) is 5.05. The first-order valence-corrected chi connectivity index (χ1v) is 8.14. The van der Waals surface area contributed by atoms with E-state index in [1.54, 1.807) is 11.3 Å². The Morgan fingerprint density at radius 3 is 2.78 bits per heavy atom. The fourth-order valence-electron chi connectivity index (χ4n) is 2.51. The number of thiophene rings is 1. The lowest BCUT2D eigenvalue weighted by molar-refractivity contribution is 0.182. The second kappa shape index (κ2) is 7.49. The molecule has 1 aromatic rings. The van der Waals surface area contributed by atoms with Crippen molar-refractivity contribution in [1.82, 2.24) is 10.2 Å². The van der Waals surface area contributed by atoms with Crippen LogP contribution in [0.1, 0.15) is 31.1 Å². The highest BCUT2D eigenvalue weighted by Crippen LogP contribution is 2.21. The van der Waals surface area contributed by atoms with Crippen LogP contribution in [0.4, 0.5) is 0 Å². The molecule has 0 saturated carbocycles. The van der Waals surface area contributed by atoms with Crippen LogP contribution in [0.3, 0.4) is 0 Å². The quantitative estimate of drug-likeness (QED) is 0.804. The Kier molecular flexibility index (Phi) is 5.96. The lowest BCUT2D eigenvalue weighted by Crippen LogP contribution is -2.38. The summed E-state index contributed by atoms with van der Waals surface area (Å²) in [5.41, 5.74) is 0. The molecule has 0 amide bonds. The van der Waals surface area contributed by atoms with Gasteiger partial charge in [-0.2, -0.15) is 0 Å². The Labute approximate surface area is 119 Å². The molecule has 18 heavy (non-hydrogen) atoms. The maximum Gasteiger partial charge on any atom is 0.0931 e. The van der Waals surface area contributed by atoms with Crippen LogP contribution in [0.5, 0.6) is 0 Å². The van der Waals surface area contributed by atoms with E-state index in [9.17, 15) is 0 Å². The minimum Gasteiger partial charge on any atom is -0.311 e. The first-order chi connectivity index (χ1) is 8.78. The molecule has 0 unspecified atom stereocenters. The number of hydrogen-bond donors (Lipinski definition) is 1. The van der Waals surface area contributed by atoms with Gasteiger partial charge in [0.1, 0.15) is 0 Å². The summed E-state index contributed by atoms with van der Waals surface area (Å²) in [6.07, 6.45) is 4.12. The van der Waals surface area contributed by atoms with Gasteiger partial charge in [-0.05, 0) is 44.0 Å². The molecule has 1 N–H and O–H groups in total. The van der Waals surface area contributed by atoms with Crippen LogP contribution in [0.2, 0.25) is 4.34 Å². The summed E-state index contributed by atoms with van der Waals surface area (Å²) in [6.45, 7) is 8.08. The normalized spacial score (nSPS) is 18.3. The van der Waals surface area contributed by atoms with E-state index in [0.717, 1.165) is 23.3 Å². The van der Waals surface area contributed by atoms with Crippen molar-refractivity contribution in [3.63, 3.8) is 0 Å². The van der Waals surface area contributed by atoms with Gasteiger partial charge in [0.25, 0.3) is 0 Å². The number of likely N-dealkylation sites (tertiary alicyclic amines) is 1. The highest BCUT2D eigenvalue weighted by Gasteiger charge is 2.16. The van der Waals surface area contributed by atoms with E-state index in [2.05, 4.69) is 23.2 Å². The SMILES string of the molecule is CCC1CCN(CCNCc2ccc(Cl)s2)CC1. The molecule has 1 aliphatic heterocycles. The van der Waals surface area contributed by atoms with E-state index < -0.39 is 0 Å². The zero-order valence-corrected chi connectivity index (χ0v) is 12.7. The van der Waals surface area contributed by atoms with Gasteiger partial charge in [0.05, 0.1) is 4.34 Å². The van der Waals surface area contributed by atoms with Crippen molar-refractivity contribution in [3.8, 4) is 0 Å². The summed E-state index contributed by atoms with van der Waals surface area (Å²) in [7, 11) is 0. The molecule has 0 spiro atoms. The van der Waals surface area contributed by atoms with E-state index in [0.29, 0.717) is 0 Å². The van der Waals surface area contributed by atoms with E-state index in [-0.39, 0.29) is 0 Å². The minimum absolute atomic E-state index is 0.883. The summed E-state index contributed by atoms with van der Waals surface area (Å²) in [5, 5.41) is 3.50. The van der Waals surface area contributed by atoms with Crippen molar-refractivity contribution >= 4 is 22.9 Å². The molecule has 1 fully saturated rings. The van der Waals surface area contributed by atoms with Crippen molar-refractivity contribution in [2.45, 2.75) is 32.7 Å². The zero-order chi connectivity index (χ0) is 12.8. The lowest BCUT2D eigenvalue weighted by atomic mass is 9.94. The molecule has 0 radical (unpaired) electrons. The molecule has 0 atom stereocenters. The van der Waals surface area contributed by atoms with Gasteiger partial charge < -0.3 is 10.2 Å². The average Bonchev–Trinajstić information content (AvgIpc) is 2.81. The topological polar surface area (TPSA) is 15.3 Å². The summed E-state index contributed by atoms with van der Waals surface area (Å²) < 4.78 is 0.883. The van der Waals surface area contributed by atoms with E-state index in [1.165, 1.54) is 43.8 Å². The molecule has 1 aliphatic rings. The van der Waals surface area contributed by atoms with Crippen LogP contribution in [-0.4, -0.2) is 31.1 Å². The zero-order valence-electron chi connectivity index (χ0n) is 11.1. The molecular weight excluding hydrogens is 264 g/mol. The lowest BCUT2D eigenvalue weighted by Gasteiger charge is -2.31. The number of piperidine rings is 1. The van der Waals surface area contributed by atoms with Crippen LogP contribution in [0, 0.1) is 5.92 Å². The van der Waals surface area contributed by atoms with E-state index in [4.69, 9.17) is 11.6 Å². The second-order valence-electron chi connectivity index (χ2n) is 5.08. The maximum absolute atomic E-state index is 5.90. The molecule has 1 saturated heterocycles. The van der Waals surface area contributed by atoms with Gasteiger partial charge in [0, 0.05) is 24.5 Å². The molecule has 4 heteroatoms.